The van der Waals surface area contributed by atoms with Crippen molar-refractivity contribution in [1.29, 1.82) is 0 Å². The Morgan fingerprint density at radius 2 is 1.25 bits per heavy atom. The molecule has 0 aromatic rings. The Labute approximate surface area is 68.6 Å². The van der Waals surface area contributed by atoms with E-state index in [-0.39, 0.29) is 29.7 Å². The summed E-state index contributed by atoms with van der Waals surface area (Å²) in [5, 5.41) is 8.93. The van der Waals surface area contributed by atoms with Crippen LogP contribution in [0.4, 0.5) is 0 Å². The summed E-state index contributed by atoms with van der Waals surface area (Å²) in [5.41, 5.74) is 0. The van der Waals surface area contributed by atoms with Gasteiger partial charge in [0.1, 0.15) is 0 Å². The van der Waals surface area contributed by atoms with Crippen molar-refractivity contribution in [1.82, 2.24) is 0 Å². The molecule has 0 radical (unpaired) electrons. The van der Waals surface area contributed by atoms with E-state index < -0.39 is 0 Å². The standard InChI is InChI=1S/C4H9.C2H5O.Mg/c1-4(2)3;1-2-3;/h1-3H3;2H2,1H3;/q2*-1;+2. The molecule has 1 nitrogen and oxygen atoms in total. The van der Waals surface area contributed by atoms with Crippen LogP contribution in [0.3, 0.4) is 0 Å². The molecule has 0 rings (SSSR count). The Kier molecular flexibility index (Phi) is 31.1. The molecule has 0 N–H and O–H groups in total. The second kappa shape index (κ2) is 15.6. The summed E-state index contributed by atoms with van der Waals surface area (Å²) in [6, 6.07) is 0. The van der Waals surface area contributed by atoms with Crippen LogP contribution in [0.15, 0.2) is 0 Å². The zero-order chi connectivity index (χ0) is 6.28. The SMILES string of the molecule is CC[O-].C[C-](C)C.[Mg+2]. The molecular formula is C6H14MgO. The Hall–Kier alpha value is 0.726. The number of rotatable bonds is 0. The van der Waals surface area contributed by atoms with Gasteiger partial charge in [-0.05, 0) is 0 Å². The van der Waals surface area contributed by atoms with E-state index in [0.29, 0.717) is 0 Å². The summed E-state index contributed by atoms with van der Waals surface area (Å²) in [6.45, 7) is 7.82. The van der Waals surface area contributed by atoms with E-state index in [1.807, 2.05) is 0 Å². The second-order valence-corrected chi connectivity index (χ2v) is 1.79. The molecular weight excluding hydrogens is 112 g/mol. The maximum absolute atomic E-state index is 8.93. The molecule has 0 saturated carbocycles. The first-order valence-corrected chi connectivity index (χ1v) is 2.50. The molecule has 0 spiro atoms. The van der Waals surface area contributed by atoms with Gasteiger partial charge in [0.25, 0.3) is 0 Å². The molecule has 0 bridgehead atoms. The van der Waals surface area contributed by atoms with E-state index >= 15 is 0 Å². The van der Waals surface area contributed by atoms with Crippen LogP contribution in [0.1, 0.15) is 27.7 Å². The molecule has 0 aromatic heterocycles. The topological polar surface area (TPSA) is 23.1 Å². The summed E-state index contributed by atoms with van der Waals surface area (Å²) in [4.78, 5) is 0. The van der Waals surface area contributed by atoms with Gasteiger partial charge in [-0.3, -0.25) is 0 Å². The minimum atomic E-state index is 0. The van der Waals surface area contributed by atoms with Crippen molar-refractivity contribution in [3.05, 3.63) is 5.92 Å². The average molecular weight is 126 g/mol. The molecule has 8 heavy (non-hydrogen) atoms. The first-order chi connectivity index (χ1) is 3.15. The Morgan fingerprint density at radius 1 is 1.25 bits per heavy atom. The predicted molar refractivity (Wildman–Crippen MR) is 36.6 cm³/mol. The van der Waals surface area contributed by atoms with Crippen molar-refractivity contribution < 1.29 is 5.11 Å². The third-order valence-electron chi connectivity index (χ3n) is 0. The molecule has 0 aliphatic rings. The normalized spacial score (nSPS) is 6.75. The van der Waals surface area contributed by atoms with E-state index in [4.69, 9.17) is 5.11 Å². The van der Waals surface area contributed by atoms with Gasteiger partial charge in [0, 0.05) is 0 Å². The van der Waals surface area contributed by atoms with Gasteiger partial charge in [0.15, 0.2) is 0 Å². The Bertz CT molecular complexity index is 19.7. The second-order valence-electron chi connectivity index (χ2n) is 1.79. The van der Waals surface area contributed by atoms with Gasteiger partial charge in [-0.2, -0.15) is 20.8 Å². The number of hydrogen-bond donors (Lipinski definition) is 0. The van der Waals surface area contributed by atoms with E-state index in [0.717, 1.165) is 0 Å². The van der Waals surface area contributed by atoms with Gasteiger partial charge in [0.2, 0.25) is 0 Å². The average Bonchev–Trinajstić information content (AvgIpc) is 1.33. The third kappa shape index (κ3) is 418. The molecule has 0 unspecified atom stereocenters. The quantitative estimate of drug-likeness (QED) is 0.344. The van der Waals surface area contributed by atoms with Crippen molar-refractivity contribution in [2.24, 2.45) is 0 Å². The third-order valence-corrected chi connectivity index (χ3v) is 0. The van der Waals surface area contributed by atoms with Gasteiger partial charge in [0.05, 0.1) is 0 Å². The van der Waals surface area contributed by atoms with Gasteiger partial charge in [-0.25, -0.2) is 0 Å². The molecule has 0 aromatic carbocycles. The summed E-state index contributed by atoms with van der Waals surface area (Å²) >= 11 is 0. The van der Waals surface area contributed by atoms with Crippen LogP contribution >= 0.6 is 0 Å². The van der Waals surface area contributed by atoms with Crippen molar-refractivity contribution in [3.8, 4) is 0 Å². The van der Waals surface area contributed by atoms with Crippen LogP contribution in [0.2, 0.25) is 0 Å². The molecule has 0 aliphatic carbocycles. The number of hydrogen-bond acceptors (Lipinski definition) is 1. The minimum absolute atomic E-state index is 0. The summed E-state index contributed by atoms with van der Waals surface area (Å²) in [5.74, 6) is 1.42. The smallest absolute Gasteiger partial charge is 0.855 e. The van der Waals surface area contributed by atoms with Crippen molar-refractivity contribution in [3.63, 3.8) is 0 Å². The van der Waals surface area contributed by atoms with Gasteiger partial charge in [-0.1, -0.05) is 6.92 Å². The van der Waals surface area contributed by atoms with Crippen molar-refractivity contribution in [2.75, 3.05) is 6.61 Å². The molecule has 46 valence electrons. The molecule has 2 heteroatoms. The van der Waals surface area contributed by atoms with Crippen LogP contribution in [0.25, 0.3) is 0 Å². The molecule has 0 amide bonds. The molecule has 0 aliphatic heterocycles. The Balaban J connectivity index is -0.0000000575. The van der Waals surface area contributed by atoms with Crippen LogP contribution < -0.4 is 5.11 Å². The van der Waals surface area contributed by atoms with Gasteiger partial charge < -0.3 is 11.0 Å². The first-order valence-electron chi connectivity index (χ1n) is 2.50. The summed E-state index contributed by atoms with van der Waals surface area (Å²) < 4.78 is 0. The van der Waals surface area contributed by atoms with Gasteiger partial charge in [-0.15, -0.1) is 6.61 Å². The van der Waals surface area contributed by atoms with E-state index in [1.165, 1.54) is 5.92 Å². The largest absolute Gasteiger partial charge is 2.00 e. The van der Waals surface area contributed by atoms with E-state index in [1.54, 1.807) is 6.92 Å². The van der Waals surface area contributed by atoms with Crippen LogP contribution in [-0.4, -0.2) is 29.7 Å². The zero-order valence-electron chi connectivity index (χ0n) is 6.32. The van der Waals surface area contributed by atoms with Crippen LogP contribution in [-0.2, 0) is 0 Å². The first kappa shape index (κ1) is 15.9. The Morgan fingerprint density at radius 3 is 1.25 bits per heavy atom. The van der Waals surface area contributed by atoms with E-state index in [9.17, 15) is 0 Å². The fraction of sp³-hybridized carbons (Fsp3) is 0.833. The molecule has 0 saturated heterocycles. The van der Waals surface area contributed by atoms with Gasteiger partial charge >= 0.3 is 23.1 Å². The molecule has 0 heterocycles. The fourth-order valence-corrected chi connectivity index (χ4v) is 0. The predicted octanol–water partition coefficient (Wildman–Crippen LogP) is 0.606. The minimum Gasteiger partial charge on any atom is -0.855 e. The molecule has 0 atom stereocenters. The van der Waals surface area contributed by atoms with Crippen LogP contribution in [0.5, 0.6) is 0 Å². The van der Waals surface area contributed by atoms with Crippen LogP contribution in [0, 0.1) is 5.92 Å². The van der Waals surface area contributed by atoms with E-state index in [2.05, 4.69) is 20.8 Å². The molecule has 0 fully saturated rings. The van der Waals surface area contributed by atoms with Crippen molar-refractivity contribution in [2.45, 2.75) is 27.7 Å². The zero-order valence-corrected chi connectivity index (χ0v) is 7.74. The summed E-state index contributed by atoms with van der Waals surface area (Å²) in [6.07, 6.45) is 0. The fourth-order valence-electron chi connectivity index (χ4n) is 0. The summed E-state index contributed by atoms with van der Waals surface area (Å²) in [7, 11) is 0. The monoisotopic (exact) mass is 126 g/mol. The maximum Gasteiger partial charge on any atom is 2.00 e. The maximum atomic E-state index is 8.93. The van der Waals surface area contributed by atoms with Crippen molar-refractivity contribution >= 4 is 23.1 Å².